The molecule has 0 saturated heterocycles. The molecule has 40 heteroatoms. The van der Waals surface area contributed by atoms with Crippen molar-refractivity contribution in [3.63, 3.8) is 0 Å². The van der Waals surface area contributed by atoms with Gasteiger partial charge in [-0.05, 0) is 0 Å². The smallest absolute Gasteiger partial charge is 0.0243 e. The minimum atomic E-state index is 0. The molecule has 0 unspecified atom stereocenters. The Balaban J connectivity index is -0.000000000694. The maximum atomic E-state index is 4.22. The Morgan fingerprint density at radius 2 is 0.317 bits per heavy atom. The largest absolute Gasteiger partial charge is 0.358 e. The van der Waals surface area contributed by atoms with Crippen LogP contribution in [0.15, 0.2) is 10.2 Å². The fourth-order valence-corrected chi connectivity index (χ4v) is 0.991. The quantitative estimate of drug-likeness (QED) is 0.163. The van der Waals surface area contributed by atoms with Gasteiger partial charge >= 0.3 is 0 Å². The topological polar surface area (TPSA) is 31.2 Å². The molecule has 294 valence electrons. The summed E-state index contributed by atoms with van der Waals surface area (Å²) in [5.74, 6) is 0. The first-order valence-corrected chi connectivity index (χ1v) is 4.92. The Morgan fingerprint density at radius 1 is 0.254 bits per heavy atom. The average molecular weight is 3600 g/mol. The van der Waals surface area contributed by atoms with Crippen LogP contribution in [0, 0.1) is 72.8 Å². The summed E-state index contributed by atoms with van der Waals surface area (Å²) in [4.78, 5) is 0. The number of nitrogens with zero attached hydrogens (tertiary/aromatic N) is 4. The van der Waals surface area contributed by atoms with E-state index in [2.05, 4.69) is 17.1 Å². The molecule has 0 heterocycles. The van der Waals surface area contributed by atoms with Crippen molar-refractivity contribution in [3.05, 3.63) is 72.8 Å². The molecule has 0 aromatic rings. The molecule has 0 amide bonds. The van der Waals surface area contributed by atoms with E-state index >= 15 is 0 Å². The van der Waals surface area contributed by atoms with E-state index in [4.69, 9.17) is 0 Å². The average Bonchev–Trinajstić information content (AvgIpc) is 2.03. The predicted molar refractivity (Wildman–Crippen MR) is 147 cm³/mol. The standard InChI is InChI=1S/C9H19N4.C2H5.4CH4.8CH3.36Y/c1-8(10-12(3)4)7-9(2)11-13(5)6;1-2;;;;;;;;;;;;;;;;;;;;;;;;;;;;;;;;;;;;;;;;;;;;;;;;/h7H,1-6H3;1H2,2H3;4*1H4;8*1H3;;;;;;;;;;;;;;;;;;;;;;;;;;;;;;;;;;;;/q2*-1;;;;;8*-1;;;;;;;;;;;;;;;;;;;;;;;;;;;;;;;;;;;;/b10-8+,11-9+;;;;;;;;;;;;;;;;;;;;;;;;;;;;;;;;;;;;;;;;;;;;;;;;;. The number of hydrogen-bond acceptors (Lipinski definition) is 4. The summed E-state index contributed by atoms with van der Waals surface area (Å²) in [6.45, 7) is 8.91. The molecule has 36 radical (unpaired) electrons. The van der Waals surface area contributed by atoms with Crippen molar-refractivity contribution in [2.75, 3.05) is 28.2 Å². The number of hydrazone groups is 2. The molecule has 0 aromatic heterocycles. The molecule has 0 atom stereocenters. The van der Waals surface area contributed by atoms with Crippen LogP contribution in [-0.2, 0) is 1180 Å². The van der Waals surface area contributed by atoms with Crippen LogP contribution in [-0.4, -0.2) is 49.6 Å². The van der Waals surface area contributed by atoms with Crippen molar-refractivity contribution >= 4 is 11.4 Å². The van der Waals surface area contributed by atoms with E-state index in [9.17, 15) is 0 Å². The van der Waals surface area contributed by atoms with E-state index in [0.29, 0.717) is 0 Å². The van der Waals surface area contributed by atoms with Crippen LogP contribution in [0.25, 0.3) is 0 Å². The maximum absolute atomic E-state index is 4.22. The van der Waals surface area contributed by atoms with Crippen LogP contribution in [0.3, 0.4) is 0 Å². The Hall–Kier alpha value is 38.6. The Bertz CT molecular complexity index is 248. The summed E-state index contributed by atoms with van der Waals surface area (Å²) in [7, 11) is 7.59. The second kappa shape index (κ2) is 347. The summed E-state index contributed by atoms with van der Waals surface area (Å²) >= 11 is 0. The van der Waals surface area contributed by atoms with Crippen molar-refractivity contribution in [1.29, 1.82) is 0 Å². The maximum Gasteiger partial charge on any atom is 0.0243 e. The molecule has 0 N–H and O–H groups in total. The zero-order valence-corrected chi connectivity index (χ0v) is 142. The summed E-state index contributed by atoms with van der Waals surface area (Å²) in [6.07, 6.45) is 1.94. The van der Waals surface area contributed by atoms with Gasteiger partial charge in [-0.1, -0.05) is 55.0 Å². The van der Waals surface area contributed by atoms with E-state index in [-0.39, 0.29) is 1270 Å². The first-order chi connectivity index (χ1) is 6.91. The first-order valence-electron chi connectivity index (χ1n) is 4.92. The minimum absolute atomic E-state index is 0. The van der Waals surface area contributed by atoms with Gasteiger partial charge in [-0.15, -0.1) is 0 Å². The molecule has 0 fully saturated rings. The normalized spacial score (nSPS) is 2.73. The van der Waals surface area contributed by atoms with Crippen LogP contribution in [0.2, 0.25) is 0 Å². The molecule has 0 saturated carbocycles. The van der Waals surface area contributed by atoms with Crippen molar-refractivity contribution < 1.29 is 1180 Å². The van der Waals surface area contributed by atoms with Gasteiger partial charge in [0.15, 0.2) is 0 Å². The summed E-state index contributed by atoms with van der Waals surface area (Å²) in [5, 5.41) is 12.0. The zero-order chi connectivity index (χ0) is 12.4. The van der Waals surface area contributed by atoms with Crippen LogP contribution < -0.4 is 0 Å². The Labute approximate surface area is 1310 Å². The Morgan fingerprint density at radius 3 is 0.365 bits per heavy atom. The third-order valence-corrected chi connectivity index (χ3v) is 1.13. The monoisotopic (exact) mass is 3600 g/mol. The zero-order valence-electron chi connectivity index (χ0n) is 39.9. The van der Waals surface area contributed by atoms with E-state index in [1.807, 2.05) is 48.5 Å². The van der Waals surface area contributed by atoms with Gasteiger partial charge < -0.3 is 82.8 Å². The van der Waals surface area contributed by atoms with Gasteiger partial charge in [0.05, 0.1) is 0 Å². The SMILES string of the molecule is C.C.C.C.C/C([CH-]/C(C)=N/N(C)C)=N\N(C)C.[CH2-]C.[CH3-].[CH3-].[CH3-].[CH3-].[CH3-].[CH3-].[CH3-].[CH3-].[Y].[Y].[Y].[Y].[Y].[Y].[Y].[Y].[Y].[Y].[Y].[Y].[Y].[Y].[Y].[Y].[Y].[Y].[Y].[Y].[Y].[Y].[Y].[Y].[Y].[Y].[Y].[Y].[Y].[Y].[Y].[Y].[Y].[Y].[Y].[Y]. The van der Waals surface area contributed by atoms with E-state index in [1.54, 1.807) is 16.9 Å². The van der Waals surface area contributed by atoms with Crippen LogP contribution in [0.5, 0.6) is 0 Å². The van der Waals surface area contributed by atoms with Crippen LogP contribution in [0.1, 0.15) is 50.5 Å². The van der Waals surface area contributed by atoms with E-state index < -0.39 is 0 Å². The molecule has 0 aromatic carbocycles. The third-order valence-electron chi connectivity index (χ3n) is 1.13. The molecule has 0 aliphatic heterocycles. The van der Waals surface area contributed by atoms with Gasteiger partial charge in [-0.25, -0.2) is 10.2 Å². The van der Waals surface area contributed by atoms with E-state index in [0.717, 1.165) is 11.4 Å². The molecular weight excluding hydrogens is 3530 g/mol. The summed E-state index contributed by atoms with van der Waals surface area (Å²) in [6, 6.07) is 0. The van der Waals surface area contributed by atoms with Gasteiger partial charge in [0.2, 0.25) is 0 Å². The number of rotatable bonds is 4. The van der Waals surface area contributed by atoms with Gasteiger partial charge in [0, 0.05) is 1210 Å². The van der Waals surface area contributed by atoms with Gasteiger partial charge in [-0.2, -0.15) is 6.92 Å². The van der Waals surface area contributed by atoms with Crippen molar-refractivity contribution in [2.45, 2.75) is 50.5 Å². The second-order valence-corrected chi connectivity index (χ2v) is 3.32. The van der Waals surface area contributed by atoms with Crippen LogP contribution in [0.4, 0.5) is 0 Å². The van der Waals surface area contributed by atoms with Gasteiger partial charge in [0.25, 0.3) is 0 Å². The third kappa shape index (κ3) is 382. The molecule has 0 aliphatic rings. The number of hydrogen-bond donors (Lipinski definition) is 0. The molecule has 0 rings (SSSR count). The second-order valence-electron chi connectivity index (χ2n) is 3.32. The predicted octanol–water partition coefficient (Wildman–Crippen LogP) is 7.96. The van der Waals surface area contributed by atoms with Crippen molar-refractivity contribution in [1.82, 2.24) is 10.0 Å². The molecule has 0 bridgehead atoms. The molecular formula is C23H64N4Y36-10. The molecule has 4 nitrogen and oxygen atoms in total. The van der Waals surface area contributed by atoms with Crippen molar-refractivity contribution in [3.8, 4) is 0 Å². The Kier molecular flexibility index (Phi) is 2130. The minimum Gasteiger partial charge on any atom is -0.358 e. The molecule has 63 heavy (non-hydrogen) atoms. The van der Waals surface area contributed by atoms with Crippen molar-refractivity contribution in [2.24, 2.45) is 10.2 Å². The molecule has 0 aliphatic carbocycles. The van der Waals surface area contributed by atoms with Crippen LogP contribution >= 0.6 is 0 Å². The summed E-state index contributed by atoms with van der Waals surface area (Å²) in [5.41, 5.74) is 1.90. The first kappa shape index (κ1) is 386. The fraction of sp³-hybridized carbons (Fsp3) is 0.478. The summed E-state index contributed by atoms with van der Waals surface area (Å²) < 4.78 is 0. The van der Waals surface area contributed by atoms with Gasteiger partial charge in [-0.3, -0.25) is 0 Å². The molecule has 0 spiro atoms. The fourth-order valence-electron chi connectivity index (χ4n) is 0.991. The van der Waals surface area contributed by atoms with Gasteiger partial charge in [0.1, 0.15) is 0 Å². The van der Waals surface area contributed by atoms with E-state index in [1.165, 1.54) is 0 Å².